The second-order valence-corrected chi connectivity index (χ2v) is 4.96. The summed E-state index contributed by atoms with van der Waals surface area (Å²) in [4.78, 5) is 4.46. The van der Waals surface area contributed by atoms with Gasteiger partial charge >= 0.3 is 0 Å². The molecule has 2 unspecified atom stereocenters. The van der Waals surface area contributed by atoms with Crippen LogP contribution < -0.4 is 5.32 Å². The van der Waals surface area contributed by atoms with Crippen molar-refractivity contribution in [2.24, 2.45) is 13.0 Å². The molecule has 0 aromatic carbocycles. The molecule has 0 saturated heterocycles. The van der Waals surface area contributed by atoms with Crippen molar-refractivity contribution in [3.8, 4) is 0 Å². The van der Waals surface area contributed by atoms with Gasteiger partial charge in [-0.2, -0.15) is 0 Å². The first kappa shape index (κ1) is 14.2. The minimum atomic E-state index is 0.401. The molecular formula is C14H27N3. The van der Waals surface area contributed by atoms with Crippen molar-refractivity contribution in [2.45, 2.75) is 52.0 Å². The summed E-state index contributed by atoms with van der Waals surface area (Å²) in [5.41, 5.74) is 1.17. The average molecular weight is 237 g/mol. The van der Waals surface area contributed by atoms with Crippen molar-refractivity contribution >= 4 is 0 Å². The molecule has 0 fully saturated rings. The van der Waals surface area contributed by atoms with E-state index in [4.69, 9.17) is 0 Å². The Labute approximate surface area is 106 Å². The van der Waals surface area contributed by atoms with E-state index in [2.05, 4.69) is 30.3 Å². The monoisotopic (exact) mass is 237 g/mol. The highest BCUT2D eigenvalue weighted by atomic mass is 15.0. The molecule has 0 aliphatic rings. The number of rotatable bonds is 8. The number of aryl methyl sites for hydroxylation is 1. The Bertz CT molecular complexity index is 306. The molecule has 0 spiro atoms. The van der Waals surface area contributed by atoms with E-state index in [1.807, 2.05) is 25.0 Å². The molecule has 0 radical (unpaired) electrons. The number of nitrogens with one attached hydrogen (secondary N) is 1. The quantitative estimate of drug-likeness (QED) is 0.752. The molecule has 3 heteroatoms. The van der Waals surface area contributed by atoms with E-state index in [9.17, 15) is 0 Å². The Morgan fingerprint density at radius 3 is 2.65 bits per heavy atom. The summed E-state index contributed by atoms with van der Waals surface area (Å²) in [6, 6.07) is 0.401. The maximum Gasteiger partial charge on any atom is 0.0947 e. The van der Waals surface area contributed by atoms with Crippen LogP contribution in [0.25, 0.3) is 0 Å². The first-order valence-corrected chi connectivity index (χ1v) is 6.86. The van der Waals surface area contributed by atoms with Gasteiger partial charge in [0.15, 0.2) is 0 Å². The summed E-state index contributed by atoms with van der Waals surface area (Å²) in [7, 11) is 4.06. The molecule has 0 aliphatic carbocycles. The predicted molar refractivity (Wildman–Crippen MR) is 72.9 cm³/mol. The third kappa shape index (κ3) is 4.50. The van der Waals surface area contributed by atoms with E-state index in [0.717, 1.165) is 5.92 Å². The smallest absolute Gasteiger partial charge is 0.0947 e. The standard InChI is InChI=1S/C14H27N3/c1-5-7-8-12(6-2)9-13(15-3)14-10-17(4)11-16-14/h10-13,15H,5-9H2,1-4H3. The second-order valence-electron chi connectivity index (χ2n) is 4.96. The van der Waals surface area contributed by atoms with Crippen molar-refractivity contribution in [2.75, 3.05) is 7.05 Å². The zero-order valence-corrected chi connectivity index (χ0v) is 11.7. The van der Waals surface area contributed by atoms with E-state index in [-0.39, 0.29) is 0 Å². The summed E-state index contributed by atoms with van der Waals surface area (Å²) in [6.07, 6.45) is 10.5. The Kier molecular flexibility index (Phi) is 6.27. The molecular weight excluding hydrogens is 210 g/mol. The molecule has 1 aromatic heterocycles. The van der Waals surface area contributed by atoms with Gasteiger partial charge in [-0.05, 0) is 19.4 Å². The molecule has 1 rings (SSSR count). The first-order valence-electron chi connectivity index (χ1n) is 6.86. The van der Waals surface area contributed by atoms with Gasteiger partial charge in [0, 0.05) is 13.2 Å². The van der Waals surface area contributed by atoms with Gasteiger partial charge < -0.3 is 9.88 Å². The summed E-state index contributed by atoms with van der Waals surface area (Å²) in [5.74, 6) is 0.814. The molecule has 1 N–H and O–H groups in total. The lowest BCUT2D eigenvalue weighted by atomic mass is 9.91. The fourth-order valence-electron chi connectivity index (χ4n) is 2.31. The van der Waals surface area contributed by atoms with Gasteiger partial charge in [0.2, 0.25) is 0 Å². The zero-order chi connectivity index (χ0) is 12.7. The minimum Gasteiger partial charge on any atom is -0.340 e. The van der Waals surface area contributed by atoms with Crippen LogP contribution in [0.4, 0.5) is 0 Å². The van der Waals surface area contributed by atoms with Crippen LogP contribution in [0.3, 0.4) is 0 Å². The van der Waals surface area contributed by atoms with Crippen LogP contribution in [0.15, 0.2) is 12.5 Å². The van der Waals surface area contributed by atoms with Crippen LogP contribution in [0, 0.1) is 5.92 Å². The van der Waals surface area contributed by atoms with E-state index < -0.39 is 0 Å². The Morgan fingerprint density at radius 2 is 2.18 bits per heavy atom. The SMILES string of the molecule is CCCCC(CC)CC(NC)c1cn(C)cn1. The van der Waals surface area contributed by atoms with Crippen LogP contribution in [0.5, 0.6) is 0 Å². The molecule has 0 saturated carbocycles. The largest absolute Gasteiger partial charge is 0.340 e. The minimum absolute atomic E-state index is 0.401. The third-order valence-corrected chi connectivity index (χ3v) is 3.54. The number of hydrogen-bond acceptors (Lipinski definition) is 2. The highest BCUT2D eigenvalue weighted by Crippen LogP contribution is 2.25. The Balaban J connectivity index is 2.55. The average Bonchev–Trinajstić information content (AvgIpc) is 2.76. The summed E-state index contributed by atoms with van der Waals surface area (Å²) in [5, 5.41) is 3.40. The fraction of sp³-hybridized carbons (Fsp3) is 0.786. The predicted octanol–water partition coefficient (Wildman–Crippen LogP) is 3.29. The molecule has 98 valence electrons. The number of nitrogens with zero attached hydrogens (tertiary/aromatic N) is 2. The van der Waals surface area contributed by atoms with Crippen LogP contribution in [0.2, 0.25) is 0 Å². The molecule has 17 heavy (non-hydrogen) atoms. The topological polar surface area (TPSA) is 29.9 Å². The van der Waals surface area contributed by atoms with Gasteiger partial charge in [-0.3, -0.25) is 0 Å². The van der Waals surface area contributed by atoms with Crippen molar-refractivity contribution < 1.29 is 0 Å². The Morgan fingerprint density at radius 1 is 1.41 bits per heavy atom. The van der Waals surface area contributed by atoms with Gasteiger partial charge in [-0.25, -0.2) is 4.98 Å². The third-order valence-electron chi connectivity index (χ3n) is 3.54. The molecule has 0 amide bonds. The molecule has 0 aliphatic heterocycles. The lowest BCUT2D eigenvalue weighted by Gasteiger charge is -2.21. The number of unbranched alkanes of at least 4 members (excludes halogenated alkanes) is 1. The van der Waals surface area contributed by atoms with Crippen LogP contribution in [-0.2, 0) is 7.05 Å². The van der Waals surface area contributed by atoms with Crippen molar-refractivity contribution in [3.05, 3.63) is 18.2 Å². The lowest BCUT2D eigenvalue weighted by molar-refractivity contribution is 0.361. The molecule has 1 heterocycles. The highest BCUT2D eigenvalue weighted by molar-refractivity contribution is 5.03. The lowest BCUT2D eigenvalue weighted by Crippen LogP contribution is -2.20. The van der Waals surface area contributed by atoms with Crippen molar-refractivity contribution in [1.29, 1.82) is 0 Å². The van der Waals surface area contributed by atoms with Gasteiger partial charge in [0.1, 0.15) is 0 Å². The maximum atomic E-state index is 4.46. The van der Waals surface area contributed by atoms with Gasteiger partial charge in [0.05, 0.1) is 18.1 Å². The van der Waals surface area contributed by atoms with E-state index in [1.54, 1.807) is 0 Å². The summed E-state index contributed by atoms with van der Waals surface area (Å²) >= 11 is 0. The van der Waals surface area contributed by atoms with Crippen molar-refractivity contribution in [3.63, 3.8) is 0 Å². The van der Waals surface area contributed by atoms with Gasteiger partial charge in [-0.1, -0.05) is 39.5 Å². The second kappa shape index (κ2) is 7.49. The molecule has 2 atom stereocenters. The molecule has 3 nitrogen and oxygen atoms in total. The van der Waals surface area contributed by atoms with Gasteiger partial charge in [0.25, 0.3) is 0 Å². The van der Waals surface area contributed by atoms with Crippen molar-refractivity contribution in [1.82, 2.24) is 14.9 Å². The van der Waals surface area contributed by atoms with Crippen LogP contribution in [-0.4, -0.2) is 16.6 Å². The van der Waals surface area contributed by atoms with E-state index in [0.29, 0.717) is 6.04 Å². The van der Waals surface area contributed by atoms with Crippen LogP contribution in [0.1, 0.15) is 57.7 Å². The number of hydrogen-bond donors (Lipinski definition) is 1. The number of aromatic nitrogens is 2. The fourth-order valence-corrected chi connectivity index (χ4v) is 2.31. The summed E-state index contributed by atoms with van der Waals surface area (Å²) in [6.45, 7) is 4.56. The van der Waals surface area contributed by atoms with E-state index >= 15 is 0 Å². The zero-order valence-electron chi connectivity index (χ0n) is 11.7. The molecule has 1 aromatic rings. The summed E-state index contributed by atoms with van der Waals surface area (Å²) < 4.78 is 2.02. The molecule has 0 bridgehead atoms. The van der Waals surface area contributed by atoms with E-state index in [1.165, 1.54) is 37.8 Å². The van der Waals surface area contributed by atoms with Gasteiger partial charge in [-0.15, -0.1) is 0 Å². The Hall–Kier alpha value is -0.830. The highest BCUT2D eigenvalue weighted by Gasteiger charge is 2.17. The first-order chi connectivity index (χ1) is 8.21. The maximum absolute atomic E-state index is 4.46. The number of imidazole rings is 1. The normalized spacial score (nSPS) is 14.8. The van der Waals surface area contributed by atoms with Crippen LogP contribution >= 0.6 is 0 Å².